The van der Waals surface area contributed by atoms with E-state index in [1.807, 2.05) is 51.5 Å². The molecule has 1 amide bonds. The number of amides is 1. The number of benzene rings is 3. The lowest BCUT2D eigenvalue weighted by molar-refractivity contribution is 0.0426. The Morgan fingerprint density at radius 3 is 2.57 bits per heavy atom. The molecule has 258 valence electrons. The zero-order valence-electron chi connectivity index (χ0n) is 28.6. The maximum absolute atomic E-state index is 12.6. The van der Waals surface area contributed by atoms with Crippen LogP contribution in [-0.4, -0.2) is 111 Å². The third-order valence-corrected chi connectivity index (χ3v) is 9.76. The van der Waals surface area contributed by atoms with Crippen molar-refractivity contribution in [3.8, 4) is 5.75 Å². The molecule has 2 aliphatic rings. The van der Waals surface area contributed by atoms with Crippen LogP contribution in [0.4, 0.5) is 10.5 Å². The van der Waals surface area contributed by atoms with Crippen molar-refractivity contribution >= 4 is 40.3 Å². The van der Waals surface area contributed by atoms with Crippen LogP contribution in [0.15, 0.2) is 99.5 Å². The van der Waals surface area contributed by atoms with Crippen molar-refractivity contribution in [3.63, 3.8) is 0 Å². The molecule has 1 aromatic heterocycles. The number of carbonyl (C=O) groups is 1. The number of aromatic nitrogens is 1. The Kier molecular flexibility index (Phi) is 12.0. The average Bonchev–Trinajstić information content (AvgIpc) is 3.44. The van der Waals surface area contributed by atoms with Gasteiger partial charge in [-0.2, -0.15) is 0 Å². The summed E-state index contributed by atoms with van der Waals surface area (Å²) in [5.74, 6) is 1.61. The van der Waals surface area contributed by atoms with Gasteiger partial charge in [0.15, 0.2) is 0 Å². The Bertz CT molecular complexity index is 1780. The summed E-state index contributed by atoms with van der Waals surface area (Å²) in [4.78, 5) is 30.5. The van der Waals surface area contributed by atoms with Gasteiger partial charge in [-0.05, 0) is 69.4 Å². The van der Waals surface area contributed by atoms with E-state index in [2.05, 4.69) is 73.5 Å². The number of fused-ring (bicyclic) bond motifs is 3. The van der Waals surface area contributed by atoms with Crippen molar-refractivity contribution in [2.24, 2.45) is 4.99 Å². The number of nitrogens with zero attached hydrogens (tertiary/aromatic N) is 4. The molecular weight excluding hydrogens is 637 g/mol. The number of aromatic amines is 1. The lowest BCUT2D eigenvalue weighted by Gasteiger charge is -2.36. The van der Waals surface area contributed by atoms with E-state index in [0.29, 0.717) is 37.9 Å². The molecule has 11 heteroatoms. The third kappa shape index (κ3) is 9.31. The number of ether oxygens (including phenoxy) is 3. The first-order chi connectivity index (χ1) is 23.9. The summed E-state index contributed by atoms with van der Waals surface area (Å²) in [6.45, 7) is 9.41. The van der Waals surface area contributed by atoms with Crippen LogP contribution >= 0.6 is 11.8 Å². The van der Waals surface area contributed by atoms with Crippen LogP contribution in [0.3, 0.4) is 0 Å². The number of amidine groups is 1. The summed E-state index contributed by atoms with van der Waals surface area (Å²) in [5.41, 5.74) is 4.97. The first-order valence-electron chi connectivity index (χ1n) is 16.9. The first-order valence-corrected chi connectivity index (χ1v) is 17.7. The number of para-hydroxylation sites is 1. The number of hydrogen-bond donors (Lipinski definition) is 2. The summed E-state index contributed by atoms with van der Waals surface area (Å²) in [6, 6.07) is 22.6. The molecule has 49 heavy (non-hydrogen) atoms. The minimum atomic E-state index is -0.526. The normalized spacial score (nSPS) is 15.1. The van der Waals surface area contributed by atoms with Gasteiger partial charge in [0.05, 0.1) is 32.1 Å². The number of carbonyl (C=O) groups excluding carboxylic acids is 1. The summed E-state index contributed by atoms with van der Waals surface area (Å²) >= 11 is 1.79. The van der Waals surface area contributed by atoms with E-state index in [0.717, 1.165) is 73.7 Å². The van der Waals surface area contributed by atoms with Gasteiger partial charge in [0, 0.05) is 77.4 Å². The van der Waals surface area contributed by atoms with Gasteiger partial charge in [0.2, 0.25) is 0 Å². The molecule has 0 aliphatic carbocycles. The molecule has 1 fully saturated rings. The van der Waals surface area contributed by atoms with Crippen LogP contribution < -0.4 is 10.1 Å². The number of allylic oxidation sites excluding steroid dienone is 1. The van der Waals surface area contributed by atoms with Gasteiger partial charge in [-0.3, -0.25) is 10.2 Å². The van der Waals surface area contributed by atoms with E-state index in [-0.39, 0.29) is 0 Å². The summed E-state index contributed by atoms with van der Waals surface area (Å²) in [6.07, 6.45) is 4.14. The second kappa shape index (κ2) is 17.0. The van der Waals surface area contributed by atoms with Crippen molar-refractivity contribution < 1.29 is 19.0 Å². The number of nitrogens with one attached hydrogen (secondary N) is 2. The van der Waals surface area contributed by atoms with Gasteiger partial charge in [-0.15, -0.1) is 0 Å². The zero-order chi connectivity index (χ0) is 34.0. The van der Waals surface area contributed by atoms with Crippen LogP contribution in [0.1, 0.15) is 18.1 Å². The van der Waals surface area contributed by atoms with Crippen LogP contribution in [-0.2, 0) is 15.9 Å². The summed E-state index contributed by atoms with van der Waals surface area (Å²) in [7, 11) is 4.09. The SMILES string of the molecule is C/C(=C\COCCOCCN1CCN(C2=Nc3ccccc3Sc3ccccc32)CC1)NC(=O)Oc1cccc2[nH]cc(CCN(C)C)c12. The molecular formula is C38H46N6O4S. The number of H-pyrrole nitrogens is 1. The summed E-state index contributed by atoms with van der Waals surface area (Å²) < 4.78 is 17.3. The number of aliphatic imine (C=N–C) groups is 1. The zero-order valence-corrected chi connectivity index (χ0v) is 29.4. The molecule has 10 nitrogen and oxygen atoms in total. The molecule has 1 saturated heterocycles. The fourth-order valence-corrected chi connectivity index (χ4v) is 6.98. The molecule has 2 N–H and O–H groups in total. The maximum Gasteiger partial charge on any atom is 0.416 e. The smallest absolute Gasteiger partial charge is 0.409 e. The highest BCUT2D eigenvalue weighted by atomic mass is 32.2. The Morgan fingerprint density at radius 1 is 0.959 bits per heavy atom. The van der Waals surface area contributed by atoms with Gasteiger partial charge in [0.25, 0.3) is 0 Å². The number of hydrogen-bond acceptors (Lipinski definition) is 9. The Morgan fingerprint density at radius 2 is 1.73 bits per heavy atom. The molecule has 0 unspecified atom stereocenters. The molecule has 3 heterocycles. The van der Waals surface area contributed by atoms with Crippen LogP contribution in [0.5, 0.6) is 5.75 Å². The van der Waals surface area contributed by atoms with Crippen molar-refractivity contribution in [2.75, 3.05) is 79.8 Å². The Hall–Kier alpha value is -4.13. The minimum Gasteiger partial charge on any atom is -0.409 e. The average molecular weight is 683 g/mol. The van der Waals surface area contributed by atoms with E-state index >= 15 is 0 Å². The van der Waals surface area contributed by atoms with Crippen LogP contribution in [0.2, 0.25) is 0 Å². The maximum atomic E-state index is 12.6. The molecule has 0 spiro atoms. The van der Waals surface area contributed by atoms with Gasteiger partial charge >= 0.3 is 6.09 Å². The second-order valence-electron chi connectivity index (χ2n) is 12.5. The van der Waals surface area contributed by atoms with E-state index in [1.165, 1.54) is 15.4 Å². The minimum absolute atomic E-state index is 0.371. The molecule has 2 aliphatic heterocycles. The fraction of sp³-hybridized carbons (Fsp3) is 0.368. The van der Waals surface area contributed by atoms with Crippen LogP contribution in [0.25, 0.3) is 10.9 Å². The highest BCUT2D eigenvalue weighted by molar-refractivity contribution is 7.99. The van der Waals surface area contributed by atoms with Crippen molar-refractivity contribution in [1.29, 1.82) is 0 Å². The standard InChI is InChI=1S/C38H46N6O4S/c1-28(40-38(45)48-33-12-8-11-32-36(33)29(27-39-32)15-17-42(2)3)16-23-46-25-26-47-24-22-43-18-20-44(21-19-43)37-30-9-4-6-13-34(30)49-35-14-7-5-10-31(35)41-37/h4-14,16,27,39H,15,17-26H2,1-3H3,(H,40,45)/b28-16+. The van der Waals surface area contributed by atoms with Gasteiger partial charge < -0.3 is 29.0 Å². The highest BCUT2D eigenvalue weighted by Crippen LogP contribution is 2.40. The Labute approximate surface area is 293 Å². The largest absolute Gasteiger partial charge is 0.416 e. The molecule has 0 saturated carbocycles. The molecule has 6 rings (SSSR count). The second-order valence-corrected chi connectivity index (χ2v) is 13.5. The molecule has 0 bridgehead atoms. The predicted molar refractivity (Wildman–Crippen MR) is 196 cm³/mol. The van der Waals surface area contributed by atoms with E-state index in [1.54, 1.807) is 11.8 Å². The number of likely N-dealkylation sites (N-methyl/N-ethyl adjacent to an activating group) is 1. The molecule has 0 atom stereocenters. The van der Waals surface area contributed by atoms with E-state index in [4.69, 9.17) is 19.2 Å². The summed E-state index contributed by atoms with van der Waals surface area (Å²) in [5, 5.41) is 3.73. The first kappa shape index (κ1) is 34.7. The predicted octanol–water partition coefficient (Wildman–Crippen LogP) is 6.16. The van der Waals surface area contributed by atoms with Crippen molar-refractivity contribution in [2.45, 2.75) is 23.1 Å². The van der Waals surface area contributed by atoms with Crippen LogP contribution in [0, 0.1) is 0 Å². The van der Waals surface area contributed by atoms with Gasteiger partial charge in [-0.1, -0.05) is 48.2 Å². The quantitative estimate of drug-likeness (QED) is 0.162. The van der Waals surface area contributed by atoms with E-state index < -0.39 is 6.09 Å². The molecule has 3 aromatic carbocycles. The van der Waals surface area contributed by atoms with E-state index in [9.17, 15) is 4.79 Å². The topological polar surface area (TPSA) is 94.7 Å². The monoisotopic (exact) mass is 682 g/mol. The Balaban J connectivity index is 0.870. The molecule has 4 aromatic rings. The highest BCUT2D eigenvalue weighted by Gasteiger charge is 2.25. The number of rotatable bonds is 13. The molecule has 0 radical (unpaired) electrons. The fourth-order valence-electron chi connectivity index (χ4n) is 5.96. The lowest BCUT2D eigenvalue weighted by atomic mass is 10.1. The number of piperazine rings is 1. The van der Waals surface area contributed by atoms with Crippen molar-refractivity contribution in [3.05, 3.63) is 95.8 Å². The third-order valence-electron chi connectivity index (χ3n) is 8.62. The lowest BCUT2D eigenvalue weighted by Crippen LogP contribution is -2.49. The van der Waals surface area contributed by atoms with Crippen molar-refractivity contribution in [1.82, 2.24) is 25.0 Å². The van der Waals surface area contributed by atoms with Gasteiger partial charge in [0.1, 0.15) is 11.6 Å². The van der Waals surface area contributed by atoms with Gasteiger partial charge in [-0.25, -0.2) is 9.79 Å².